The first-order valence-electron chi connectivity index (χ1n) is 17.7. The van der Waals surface area contributed by atoms with E-state index in [1.54, 1.807) is 11.1 Å². The number of aromatic nitrogens is 3. The Labute approximate surface area is 296 Å². The second-order valence-corrected chi connectivity index (χ2v) is 13.3. The number of nitrogens with two attached hydrogens (primary N) is 1. The number of hydrogen-bond acceptors (Lipinski definition) is 5. The second kappa shape index (κ2) is 13.5. The van der Waals surface area contributed by atoms with E-state index in [2.05, 4.69) is 69.9 Å². The van der Waals surface area contributed by atoms with Gasteiger partial charge in [0.1, 0.15) is 11.4 Å². The van der Waals surface area contributed by atoms with E-state index < -0.39 is 5.97 Å². The molecule has 7 aromatic rings. The van der Waals surface area contributed by atoms with Crippen molar-refractivity contribution in [3.63, 3.8) is 0 Å². The van der Waals surface area contributed by atoms with Crippen LogP contribution < -0.4 is 10.9 Å². The van der Waals surface area contributed by atoms with Gasteiger partial charge in [0.15, 0.2) is 0 Å². The van der Waals surface area contributed by atoms with Crippen molar-refractivity contribution in [3.05, 3.63) is 137 Å². The average Bonchev–Trinajstić information content (AvgIpc) is 4.01. The van der Waals surface area contributed by atoms with Gasteiger partial charge in [-0.2, -0.15) is 0 Å². The molecule has 7 heterocycles. The molecule has 9 nitrogen and oxygen atoms in total. The molecule has 0 amide bonds. The van der Waals surface area contributed by atoms with Crippen molar-refractivity contribution in [3.8, 4) is 0 Å². The highest BCUT2D eigenvalue weighted by Crippen LogP contribution is 2.31. The molecule has 3 aromatic heterocycles. The van der Waals surface area contributed by atoms with Crippen LogP contribution in [0.2, 0.25) is 0 Å². The van der Waals surface area contributed by atoms with E-state index in [4.69, 9.17) is 15.7 Å². The fourth-order valence-electron chi connectivity index (χ4n) is 8.02. The third-order valence-corrected chi connectivity index (χ3v) is 10.3. The van der Waals surface area contributed by atoms with Gasteiger partial charge in [0.25, 0.3) is 0 Å². The van der Waals surface area contributed by atoms with E-state index in [-0.39, 0.29) is 5.97 Å². The van der Waals surface area contributed by atoms with Gasteiger partial charge in [0.2, 0.25) is 0 Å². The minimum Gasteiger partial charge on any atom is -0.477 e. The molecule has 9 heteroatoms. The van der Waals surface area contributed by atoms with Crippen LogP contribution >= 0.6 is 0 Å². The maximum absolute atomic E-state index is 11.8. The van der Waals surface area contributed by atoms with Gasteiger partial charge in [-0.3, -0.25) is 0 Å². The van der Waals surface area contributed by atoms with Gasteiger partial charge < -0.3 is 28.6 Å². The number of hydrogen-bond donors (Lipinski definition) is 2. The topological polar surface area (TPSA) is 108 Å². The second-order valence-electron chi connectivity index (χ2n) is 13.3. The Morgan fingerprint density at radius 1 is 0.647 bits per heavy atom. The molecule has 0 fully saturated rings. The number of hydrazine groups is 1. The summed E-state index contributed by atoms with van der Waals surface area (Å²) in [7, 11) is 0. The molecule has 0 spiro atoms. The molecule has 51 heavy (non-hydrogen) atoms. The van der Waals surface area contributed by atoms with Gasteiger partial charge in [-0.25, -0.2) is 15.4 Å². The number of anilines is 1. The molecule has 258 valence electrons. The highest BCUT2D eigenvalue weighted by atomic mass is 16.5. The van der Waals surface area contributed by atoms with E-state index >= 15 is 0 Å². The smallest absolute Gasteiger partial charge is 0.354 e. The standard InChI is InChI=1S/C13H13NO2.C11H9NO2.C10H9N.C8H10N2/c1-2-16-13(15)11-8-10-5-3-4-9-6-7-14(11)12(9)10;13-11(14)9-6-8-3-1-2-7-4-5-12(9)10(7)8;1-2-8-4-6-11-7-5-9(3-1)10(8)11;9-10-6-5-7-3-1-2-4-8(7)10/h3-5,8H,2,6-7H2,1H3;1-3,6H,4-5H2,(H,13,14);1-4,6H,5,7H2;1-4H,5-6,9H2. The fraction of sp³-hybridized carbons (Fsp3) is 0.238. The summed E-state index contributed by atoms with van der Waals surface area (Å²) < 4.78 is 11.4. The van der Waals surface area contributed by atoms with Gasteiger partial charge in [-0.05, 0) is 84.5 Å². The van der Waals surface area contributed by atoms with Crippen molar-refractivity contribution in [2.24, 2.45) is 5.84 Å². The number of para-hydroxylation sites is 4. The highest BCUT2D eigenvalue weighted by Gasteiger charge is 2.23. The van der Waals surface area contributed by atoms with Crippen molar-refractivity contribution < 1.29 is 19.4 Å². The molecule has 4 aliphatic rings. The van der Waals surface area contributed by atoms with Crippen molar-refractivity contribution in [1.29, 1.82) is 0 Å². The molecule has 0 aliphatic carbocycles. The normalized spacial score (nSPS) is 14.1. The Kier molecular flexibility index (Phi) is 8.57. The minimum atomic E-state index is -0.839. The number of carboxylic acids is 1. The SMILES string of the molecule is CCOC(=O)c1cc2cccc3c2n1CC3.NN1CCc2ccccc21.O=C(O)c1cc2cccc3c2n1CC3.c1cc2c3c(c1)ccn3CC2. The highest BCUT2D eigenvalue weighted by molar-refractivity contribution is 5.98. The number of nitrogens with zero attached hydrogens (tertiary/aromatic N) is 4. The zero-order valence-electron chi connectivity index (χ0n) is 28.7. The monoisotopic (exact) mass is 679 g/mol. The van der Waals surface area contributed by atoms with Crippen molar-refractivity contribution >= 4 is 50.3 Å². The van der Waals surface area contributed by atoms with Crippen LogP contribution in [0.3, 0.4) is 0 Å². The van der Waals surface area contributed by atoms with Crippen LogP contribution in [0, 0.1) is 0 Å². The van der Waals surface area contributed by atoms with E-state index in [1.807, 2.05) is 47.9 Å². The number of esters is 1. The molecular weight excluding hydrogens is 638 g/mol. The maximum Gasteiger partial charge on any atom is 0.354 e. The zero-order valence-corrected chi connectivity index (χ0v) is 28.7. The summed E-state index contributed by atoms with van der Waals surface area (Å²) in [6.07, 6.45) is 6.45. The van der Waals surface area contributed by atoms with Crippen LogP contribution in [-0.2, 0) is 50.1 Å². The van der Waals surface area contributed by atoms with Gasteiger partial charge in [0, 0.05) is 43.1 Å². The molecule has 11 rings (SSSR count). The summed E-state index contributed by atoms with van der Waals surface area (Å²) >= 11 is 0. The van der Waals surface area contributed by atoms with Crippen molar-refractivity contribution in [2.75, 3.05) is 18.2 Å². The van der Waals surface area contributed by atoms with Crippen LogP contribution in [0.4, 0.5) is 5.69 Å². The van der Waals surface area contributed by atoms with Crippen LogP contribution in [0.25, 0.3) is 32.7 Å². The number of carbonyl (C=O) groups excluding carboxylic acids is 1. The Morgan fingerprint density at radius 3 is 1.84 bits per heavy atom. The van der Waals surface area contributed by atoms with Gasteiger partial charge in [-0.15, -0.1) is 0 Å². The molecule has 3 N–H and O–H groups in total. The number of aromatic carboxylic acids is 1. The van der Waals surface area contributed by atoms with Gasteiger partial charge in [0.05, 0.1) is 28.8 Å². The molecule has 0 radical (unpaired) electrons. The molecule has 0 atom stereocenters. The lowest BCUT2D eigenvalue weighted by atomic mass is 10.1. The number of aryl methyl sites for hydroxylation is 6. The lowest BCUT2D eigenvalue weighted by molar-refractivity contribution is 0.0514. The predicted molar refractivity (Wildman–Crippen MR) is 202 cm³/mol. The first kappa shape index (κ1) is 32.4. The van der Waals surface area contributed by atoms with E-state index in [9.17, 15) is 9.59 Å². The Hall–Kier alpha value is -5.80. The van der Waals surface area contributed by atoms with E-state index in [0.29, 0.717) is 18.0 Å². The largest absolute Gasteiger partial charge is 0.477 e. The minimum absolute atomic E-state index is 0.216. The van der Waals surface area contributed by atoms with E-state index in [1.165, 1.54) is 57.3 Å². The molecule has 4 aromatic carbocycles. The van der Waals surface area contributed by atoms with Crippen LogP contribution in [0.1, 0.15) is 50.2 Å². The van der Waals surface area contributed by atoms with Gasteiger partial charge in [-0.1, -0.05) is 72.8 Å². The number of rotatable bonds is 3. The van der Waals surface area contributed by atoms with Crippen LogP contribution in [0.5, 0.6) is 0 Å². The summed E-state index contributed by atoms with van der Waals surface area (Å²) in [5, 5.41) is 14.4. The lowest BCUT2D eigenvalue weighted by Crippen LogP contribution is -2.27. The summed E-state index contributed by atoms with van der Waals surface area (Å²) in [6, 6.07) is 32.9. The lowest BCUT2D eigenvalue weighted by Gasteiger charge is -2.09. The molecular formula is C42H41N5O4. The number of benzene rings is 4. The fourth-order valence-corrected chi connectivity index (χ4v) is 8.02. The number of ether oxygens (including phenoxy) is 1. The molecule has 0 bridgehead atoms. The predicted octanol–water partition coefficient (Wildman–Crippen LogP) is 7.39. The third kappa shape index (κ3) is 5.93. The summed E-state index contributed by atoms with van der Waals surface area (Å²) in [5.74, 6) is 4.62. The van der Waals surface area contributed by atoms with Crippen molar-refractivity contribution in [1.82, 2.24) is 13.7 Å². The Bertz CT molecular complexity index is 2430. The maximum atomic E-state index is 11.8. The Morgan fingerprint density at radius 2 is 1.20 bits per heavy atom. The van der Waals surface area contributed by atoms with Gasteiger partial charge >= 0.3 is 11.9 Å². The van der Waals surface area contributed by atoms with E-state index in [0.717, 1.165) is 55.2 Å². The first-order valence-corrected chi connectivity index (χ1v) is 17.7. The Balaban J connectivity index is 0.0000000992. The average molecular weight is 680 g/mol. The molecule has 0 unspecified atom stereocenters. The van der Waals surface area contributed by atoms with Crippen molar-refractivity contribution in [2.45, 2.75) is 52.2 Å². The number of fused-ring (bicyclic) bond motifs is 1. The third-order valence-electron chi connectivity index (χ3n) is 10.3. The summed E-state index contributed by atoms with van der Waals surface area (Å²) in [5.41, 5.74) is 11.5. The number of carbonyl (C=O) groups is 2. The van der Waals surface area contributed by atoms with Crippen LogP contribution in [-0.4, -0.2) is 43.9 Å². The first-order chi connectivity index (χ1) is 24.9. The zero-order chi connectivity index (χ0) is 35.1. The summed E-state index contributed by atoms with van der Waals surface area (Å²) in [6.45, 7) is 6.06. The quantitative estimate of drug-likeness (QED) is 0.149. The summed E-state index contributed by atoms with van der Waals surface area (Å²) in [4.78, 5) is 22.7. The molecule has 0 saturated heterocycles. The van der Waals surface area contributed by atoms with Crippen LogP contribution in [0.15, 0.2) is 103 Å². The number of carboxylic acid groups (broad SMARTS) is 1. The molecule has 0 saturated carbocycles. The molecule has 4 aliphatic heterocycles.